The summed E-state index contributed by atoms with van der Waals surface area (Å²) in [5.74, 6) is 0. The van der Waals surface area contributed by atoms with Crippen LogP contribution in [0.3, 0.4) is 0 Å². The fourth-order valence-corrected chi connectivity index (χ4v) is 20.0. The Morgan fingerprint density at radius 1 is 0.352 bits per heavy atom. The molecular weight excluding hydrogens is 1000 g/mol. The predicted molar refractivity (Wildman–Crippen MR) is 316 cm³/mol. The Kier molecular flexibility index (Phi) is 17.1. The van der Waals surface area contributed by atoms with Gasteiger partial charge in [0, 0.05) is 0 Å². The fraction of sp³-hybridized carbons (Fsp3) is 0.441. The summed E-state index contributed by atoms with van der Waals surface area (Å²) in [4.78, 5) is 12.2. The maximum atomic E-state index is 2.74. The zero-order chi connectivity index (χ0) is 49.6. The van der Waals surface area contributed by atoms with Gasteiger partial charge in [0.2, 0.25) is 0 Å². The van der Waals surface area contributed by atoms with Gasteiger partial charge in [-0.15, -0.1) is 0 Å². The first-order valence-corrected chi connectivity index (χ1v) is 40.0. The van der Waals surface area contributed by atoms with Crippen LogP contribution in [0.5, 0.6) is 0 Å². The van der Waals surface area contributed by atoms with E-state index >= 15 is 0 Å². The van der Waals surface area contributed by atoms with Crippen LogP contribution in [0.1, 0.15) is 202 Å². The number of rotatable bonds is 25. The zero-order valence-corrected chi connectivity index (χ0v) is 49.5. The van der Waals surface area contributed by atoms with E-state index in [1.54, 1.807) is 2.89 Å². The molecule has 0 aliphatic heterocycles. The van der Waals surface area contributed by atoms with E-state index in [-0.39, 0.29) is 0 Å². The molecule has 2 heterocycles. The molecule has 0 N–H and O–H groups in total. The molecule has 71 heavy (non-hydrogen) atoms. The molecule has 372 valence electrons. The zero-order valence-electron chi connectivity index (χ0n) is 45.0. The Balaban J connectivity index is 1.28. The summed E-state index contributed by atoms with van der Waals surface area (Å²) in [7, 11) is 0. The van der Waals surface area contributed by atoms with Gasteiger partial charge in [-0.2, -0.15) is 0 Å². The topological polar surface area (TPSA) is 0 Å². The molecule has 0 radical (unpaired) electrons. The molecular formula is C68H84S2Sn. The summed E-state index contributed by atoms with van der Waals surface area (Å²) in [5.41, 5.74) is 19.4. The number of fused-ring (bicyclic) bond motifs is 6. The van der Waals surface area contributed by atoms with Crippen molar-refractivity contribution in [2.24, 2.45) is 0 Å². The number of hydrogen-bond donors (Lipinski definition) is 0. The molecule has 0 spiro atoms. The van der Waals surface area contributed by atoms with Gasteiger partial charge in [-0.25, -0.2) is 0 Å². The summed E-state index contributed by atoms with van der Waals surface area (Å²) < 4.78 is 1.67. The van der Waals surface area contributed by atoms with E-state index in [0.717, 1.165) is 25.7 Å². The third-order valence-electron chi connectivity index (χ3n) is 16.4. The van der Waals surface area contributed by atoms with Crippen molar-refractivity contribution in [2.75, 3.05) is 0 Å². The molecule has 0 nitrogen and oxygen atoms in total. The Morgan fingerprint density at radius 2 is 0.662 bits per heavy atom. The van der Waals surface area contributed by atoms with Crippen molar-refractivity contribution in [2.45, 2.75) is 189 Å². The summed E-state index contributed by atoms with van der Waals surface area (Å²) in [5, 5.41) is 0. The summed E-state index contributed by atoms with van der Waals surface area (Å²) in [6, 6.07) is 50.8. The molecule has 9 rings (SSSR count). The third-order valence-corrected chi connectivity index (χ3v) is 28.1. The van der Waals surface area contributed by atoms with Crippen LogP contribution in [0.15, 0.2) is 121 Å². The molecule has 0 saturated heterocycles. The molecule has 7 aromatic rings. The van der Waals surface area contributed by atoms with Crippen LogP contribution in [-0.4, -0.2) is 18.4 Å². The average Bonchev–Trinajstić information content (AvgIpc) is 4.13. The first-order chi connectivity index (χ1) is 34.6. The average molecular weight is 1080 g/mol. The first-order valence-electron chi connectivity index (χ1n) is 28.4. The molecule has 0 unspecified atom stereocenters. The minimum absolute atomic E-state index is 0.427. The Bertz CT molecular complexity index is 2710. The van der Waals surface area contributed by atoms with E-state index in [1.165, 1.54) is 195 Å². The monoisotopic (exact) mass is 1080 g/mol. The Hall–Kier alpha value is -3.70. The van der Waals surface area contributed by atoms with Gasteiger partial charge in [0.05, 0.1) is 0 Å². The number of aryl methyl sites for hydroxylation is 5. The molecule has 0 atom stereocenters. The van der Waals surface area contributed by atoms with Crippen molar-refractivity contribution in [3.63, 3.8) is 0 Å². The second-order valence-electron chi connectivity index (χ2n) is 22.7. The van der Waals surface area contributed by atoms with Gasteiger partial charge in [0.25, 0.3) is 0 Å². The van der Waals surface area contributed by atoms with E-state index in [4.69, 9.17) is 0 Å². The van der Waals surface area contributed by atoms with E-state index in [1.807, 2.05) is 11.3 Å². The molecule has 5 aromatic carbocycles. The van der Waals surface area contributed by atoms with Gasteiger partial charge in [-0.05, 0) is 12.8 Å². The standard InChI is InChI=1S/C65H75S2.3CH3.Sn/c1-6-10-14-18-22-48-26-34-52(35-27-48)64(53-36-28-49(29-37-53)23-19-15-11-7-2)58-42-43-66-62(58)56-45-60-57(46-59(56)64)63-61(44-47(5)67-63)65(60,54-38-30-50(31-39-54)24-20-16-12-8-3)55-40-32-51(33-41-55)25-21-17-13-9-4;;;;/h26-42,44-46H,6-25H2,1-5H3;3*1H3;. The third kappa shape index (κ3) is 10.4. The van der Waals surface area contributed by atoms with Crippen LogP contribution in [0, 0.1) is 6.92 Å². The molecule has 0 amide bonds. The van der Waals surface area contributed by atoms with E-state index in [9.17, 15) is 0 Å². The number of benzene rings is 5. The normalized spacial score (nSPS) is 14.1. The fourth-order valence-electron chi connectivity index (χ4n) is 12.4. The van der Waals surface area contributed by atoms with Gasteiger partial charge >= 0.3 is 355 Å². The first kappa shape index (κ1) is 52.2. The van der Waals surface area contributed by atoms with Crippen LogP contribution in [0.4, 0.5) is 0 Å². The second kappa shape index (κ2) is 23.2. The van der Waals surface area contributed by atoms with Crippen molar-refractivity contribution in [3.8, 4) is 20.9 Å². The van der Waals surface area contributed by atoms with Gasteiger partial charge < -0.3 is 0 Å². The molecule has 0 fully saturated rings. The SMILES string of the molecule is CCCCCCc1ccc(C2(c3ccc(CCCCCC)cc3)c3cc4c(cc3-c3sc(C)cc32)C(c2ccc(CCCCCC)cc2)(c2ccc(CCCCCC)cc2)c2c[c]([Sn]([CH3])([CH3])[CH3])sc2-4)cc1. The van der Waals surface area contributed by atoms with Crippen LogP contribution in [0.25, 0.3) is 20.9 Å². The number of unbranched alkanes of at least 4 members (excludes halogenated alkanes) is 12. The summed E-state index contributed by atoms with van der Waals surface area (Å²) in [6.45, 7) is 11.6. The van der Waals surface area contributed by atoms with Crippen molar-refractivity contribution >= 4 is 43.9 Å². The van der Waals surface area contributed by atoms with Crippen LogP contribution < -0.4 is 2.89 Å². The van der Waals surface area contributed by atoms with E-state index in [0.29, 0.717) is 0 Å². The molecule has 2 aliphatic rings. The van der Waals surface area contributed by atoms with E-state index in [2.05, 4.69) is 182 Å². The van der Waals surface area contributed by atoms with Crippen LogP contribution in [-0.2, 0) is 36.5 Å². The van der Waals surface area contributed by atoms with Gasteiger partial charge in [-0.3, -0.25) is 0 Å². The molecule has 0 saturated carbocycles. The van der Waals surface area contributed by atoms with E-state index < -0.39 is 29.2 Å². The van der Waals surface area contributed by atoms with Crippen LogP contribution in [0.2, 0.25) is 14.8 Å². The molecule has 0 bridgehead atoms. The van der Waals surface area contributed by atoms with Gasteiger partial charge in [-0.1, -0.05) is 79.1 Å². The Morgan fingerprint density at radius 3 is 0.972 bits per heavy atom. The van der Waals surface area contributed by atoms with Crippen molar-refractivity contribution in [3.05, 3.63) is 193 Å². The number of hydrogen-bond acceptors (Lipinski definition) is 2. The minimum atomic E-state index is -2.57. The molecule has 2 aromatic heterocycles. The van der Waals surface area contributed by atoms with Gasteiger partial charge in [0.1, 0.15) is 0 Å². The van der Waals surface area contributed by atoms with Crippen molar-refractivity contribution in [1.29, 1.82) is 0 Å². The quantitative estimate of drug-likeness (QED) is 0.0395. The second-order valence-corrected chi connectivity index (χ2v) is 40.4. The van der Waals surface area contributed by atoms with Crippen molar-refractivity contribution < 1.29 is 0 Å². The van der Waals surface area contributed by atoms with Crippen LogP contribution >= 0.6 is 22.7 Å². The summed E-state index contributed by atoms with van der Waals surface area (Å²) in [6.07, 6.45) is 25.3. The molecule has 3 heteroatoms. The number of thiophene rings is 2. The summed E-state index contributed by atoms with van der Waals surface area (Å²) >= 11 is 1.59. The molecule has 2 aliphatic carbocycles. The van der Waals surface area contributed by atoms with Gasteiger partial charge in [0.15, 0.2) is 0 Å². The maximum absolute atomic E-state index is 2.74. The predicted octanol–water partition coefficient (Wildman–Crippen LogP) is 19.9. The Labute approximate surface area is 443 Å². The van der Waals surface area contributed by atoms with Crippen molar-refractivity contribution in [1.82, 2.24) is 0 Å².